The number of ether oxygens (including phenoxy) is 1. The van der Waals surface area contributed by atoms with Crippen molar-refractivity contribution in [1.29, 1.82) is 0 Å². The first-order chi connectivity index (χ1) is 13.7. The Labute approximate surface area is 163 Å². The Hall–Kier alpha value is -2.57. The summed E-state index contributed by atoms with van der Waals surface area (Å²) in [5.74, 6) is -2.17. The minimum atomic E-state index is -5.08. The molecule has 1 aromatic carbocycles. The number of aliphatic carboxylic acids is 1. The smallest absolute Gasteiger partial charge is 0.490 e. The van der Waals surface area contributed by atoms with Gasteiger partial charge in [0.15, 0.2) is 5.58 Å². The minimum absolute atomic E-state index is 0.0417. The maximum Gasteiger partial charge on any atom is 0.490 e. The van der Waals surface area contributed by atoms with E-state index in [9.17, 15) is 18.3 Å². The third-order valence-electron chi connectivity index (χ3n) is 3.92. The molecular weight excluding hydrogens is 399 g/mol. The number of alkyl halides is 3. The molecule has 9 nitrogen and oxygen atoms in total. The van der Waals surface area contributed by atoms with E-state index in [4.69, 9.17) is 24.2 Å². The van der Waals surface area contributed by atoms with Crippen molar-refractivity contribution in [2.45, 2.75) is 31.2 Å². The molecule has 0 spiro atoms. The van der Waals surface area contributed by atoms with Crippen molar-refractivity contribution in [2.24, 2.45) is 0 Å². The fraction of sp³-hybridized carbons (Fsp3) is 0.529. The molecule has 12 heteroatoms. The fourth-order valence-corrected chi connectivity index (χ4v) is 2.44. The summed E-state index contributed by atoms with van der Waals surface area (Å²) in [6.45, 7) is 1.72. The highest BCUT2D eigenvalue weighted by atomic mass is 19.4. The summed E-state index contributed by atoms with van der Waals surface area (Å²) >= 11 is 0. The SMILES string of the molecule is O=C(O)C(F)(F)F.OCC(O)COc1ccc2oc(NC3CCNCC3)nc2c1. The zero-order chi connectivity index (χ0) is 21.4. The Kier molecular flexibility index (Phi) is 8.05. The average molecular weight is 421 g/mol. The number of aromatic nitrogens is 1. The van der Waals surface area contributed by atoms with Crippen molar-refractivity contribution in [2.75, 3.05) is 31.6 Å². The number of hydrogen-bond donors (Lipinski definition) is 5. The number of carbonyl (C=O) groups is 1. The molecule has 0 saturated carbocycles. The Morgan fingerprint density at radius 1 is 1.38 bits per heavy atom. The van der Waals surface area contributed by atoms with Crippen molar-refractivity contribution in [3.63, 3.8) is 0 Å². The molecular formula is C17H22F3N3O6. The fourth-order valence-electron chi connectivity index (χ4n) is 2.44. The van der Waals surface area contributed by atoms with Crippen molar-refractivity contribution >= 4 is 23.1 Å². The third kappa shape index (κ3) is 7.40. The van der Waals surface area contributed by atoms with Gasteiger partial charge in [0.1, 0.15) is 24.0 Å². The van der Waals surface area contributed by atoms with Crippen LogP contribution in [0.25, 0.3) is 11.1 Å². The molecule has 1 saturated heterocycles. The van der Waals surface area contributed by atoms with Gasteiger partial charge in [-0.15, -0.1) is 0 Å². The summed E-state index contributed by atoms with van der Waals surface area (Å²) in [6.07, 6.45) is -3.87. The van der Waals surface area contributed by atoms with Crippen molar-refractivity contribution in [1.82, 2.24) is 10.3 Å². The first-order valence-electron chi connectivity index (χ1n) is 8.78. The first-order valence-corrected chi connectivity index (χ1v) is 8.78. The Bertz CT molecular complexity index is 792. The number of halogens is 3. The van der Waals surface area contributed by atoms with E-state index in [1.165, 1.54) is 0 Å². The maximum atomic E-state index is 10.6. The standard InChI is InChI=1S/C15H21N3O4.C2HF3O2/c19-8-11(20)9-21-12-1-2-14-13(7-12)18-15(22-14)17-10-3-5-16-6-4-10;3-2(4,5)1(6)7/h1-2,7,10-11,16,19-20H,3-6,8-9H2,(H,17,18);(H,6,7). The number of carboxylic acid groups (broad SMARTS) is 1. The van der Waals surface area contributed by atoms with Gasteiger partial charge in [-0.3, -0.25) is 0 Å². The van der Waals surface area contributed by atoms with Crippen molar-refractivity contribution < 1.29 is 42.4 Å². The molecule has 1 aromatic heterocycles. The van der Waals surface area contributed by atoms with Crippen LogP contribution in [0.2, 0.25) is 0 Å². The van der Waals surface area contributed by atoms with E-state index < -0.39 is 18.2 Å². The summed E-state index contributed by atoms with van der Waals surface area (Å²) in [5.41, 5.74) is 1.39. The quantitative estimate of drug-likeness (QED) is 0.468. The summed E-state index contributed by atoms with van der Waals surface area (Å²) in [4.78, 5) is 13.3. The van der Waals surface area contributed by atoms with Crippen LogP contribution in [-0.2, 0) is 4.79 Å². The molecule has 3 rings (SSSR count). The van der Waals surface area contributed by atoms with Crippen LogP contribution in [0.5, 0.6) is 5.75 Å². The summed E-state index contributed by atoms with van der Waals surface area (Å²) in [5, 5.41) is 31.8. The number of aliphatic hydroxyl groups is 2. The summed E-state index contributed by atoms with van der Waals surface area (Å²) < 4.78 is 42.8. The number of nitrogens with zero attached hydrogens (tertiary/aromatic N) is 1. The number of nitrogens with one attached hydrogen (secondary N) is 2. The van der Waals surface area contributed by atoms with Crippen LogP contribution >= 0.6 is 0 Å². The Balaban J connectivity index is 0.000000370. The van der Waals surface area contributed by atoms with E-state index in [0.29, 0.717) is 28.9 Å². The second kappa shape index (κ2) is 10.3. The van der Waals surface area contributed by atoms with Gasteiger partial charge in [-0.1, -0.05) is 0 Å². The molecule has 29 heavy (non-hydrogen) atoms. The largest absolute Gasteiger partial charge is 0.491 e. The third-order valence-corrected chi connectivity index (χ3v) is 3.92. The van der Waals surface area contributed by atoms with E-state index in [0.717, 1.165) is 25.9 Å². The second-order valence-electron chi connectivity index (χ2n) is 6.27. The lowest BCUT2D eigenvalue weighted by Gasteiger charge is -2.22. The van der Waals surface area contributed by atoms with Gasteiger partial charge in [-0.05, 0) is 38.1 Å². The number of benzene rings is 1. The number of aliphatic hydroxyl groups excluding tert-OH is 2. The molecule has 1 aliphatic rings. The number of piperidine rings is 1. The molecule has 2 aromatic rings. The van der Waals surface area contributed by atoms with Gasteiger partial charge in [-0.25, -0.2) is 4.79 Å². The van der Waals surface area contributed by atoms with Crippen LogP contribution in [0.4, 0.5) is 19.2 Å². The number of carboxylic acids is 1. The Morgan fingerprint density at radius 3 is 2.62 bits per heavy atom. The number of oxazole rings is 1. The highest BCUT2D eigenvalue weighted by Gasteiger charge is 2.38. The lowest BCUT2D eigenvalue weighted by atomic mass is 10.1. The molecule has 0 bridgehead atoms. The predicted octanol–water partition coefficient (Wildman–Crippen LogP) is 1.36. The lowest BCUT2D eigenvalue weighted by molar-refractivity contribution is -0.192. The van der Waals surface area contributed by atoms with E-state index in [1.54, 1.807) is 18.2 Å². The van der Waals surface area contributed by atoms with Crippen molar-refractivity contribution in [3.05, 3.63) is 18.2 Å². The minimum Gasteiger partial charge on any atom is -0.491 e. The first kappa shape index (κ1) is 22.7. The molecule has 0 amide bonds. The topological polar surface area (TPSA) is 137 Å². The van der Waals surface area contributed by atoms with Gasteiger partial charge in [0, 0.05) is 12.1 Å². The lowest BCUT2D eigenvalue weighted by Crippen LogP contribution is -2.35. The number of anilines is 1. The molecule has 1 fully saturated rings. The zero-order valence-electron chi connectivity index (χ0n) is 15.3. The molecule has 5 N–H and O–H groups in total. The summed E-state index contributed by atoms with van der Waals surface area (Å²) in [7, 11) is 0. The number of hydrogen-bond acceptors (Lipinski definition) is 8. The molecule has 1 aliphatic heterocycles. The molecule has 1 unspecified atom stereocenters. The average Bonchev–Trinajstić information content (AvgIpc) is 3.08. The molecule has 1 atom stereocenters. The van der Waals surface area contributed by atoms with Crippen LogP contribution in [0.1, 0.15) is 12.8 Å². The maximum absolute atomic E-state index is 10.6. The van der Waals surface area contributed by atoms with E-state index >= 15 is 0 Å². The zero-order valence-corrected chi connectivity index (χ0v) is 15.3. The normalized spacial score (nSPS) is 16.0. The number of fused-ring (bicyclic) bond motifs is 1. The van der Waals surface area contributed by atoms with Crippen LogP contribution in [0.3, 0.4) is 0 Å². The van der Waals surface area contributed by atoms with Crippen LogP contribution in [0, 0.1) is 0 Å². The van der Waals surface area contributed by atoms with Crippen LogP contribution < -0.4 is 15.4 Å². The second-order valence-corrected chi connectivity index (χ2v) is 6.27. The van der Waals surface area contributed by atoms with Gasteiger partial charge < -0.3 is 35.1 Å². The molecule has 162 valence electrons. The van der Waals surface area contributed by atoms with Gasteiger partial charge in [0.05, 0.1) is 6.61 Å². The van der Waals surface area contributed by atoms with Crippen LogP contribution in [-0.4, -0.2) is 70.9 Å². The Morgan fingerprint density at radius 2 is 2.03 bits per heavy atom. The molecule has 2 heterocycles. The van der Waals surface area contributed by atoms with Gasteiger partial charge >= 0.3 is 12.1 Å². The molecule has 0 aliphatic carbocycles. The summed E-state index contributed by atoms with van der Waals surface area (Å²) in [6, 6.07) is 6.21. The molecule has 0 radical (unpaired) electrons. The number of rotatable bonds is 6. The highest BCUT2D eigenvalue weighted by molar-refractivity contribution is 5.76. The van der Waals surface area contributed by atoms with Crippen LogP contribution in [0.15, 0.2) is 22.6 Å². The monoisotopic (exact) mass is 421 g/mol. The van der Waals surface area contributed by atoms with Gasteiger partial charge in [0.25, 0.3) is 6.01 Å². The van der Waals surface area contributed by atoms with Gasteiger partial charge in [-0.2, -0.15) is 18.2 Å². The van der Waals surface area contributed by atoms with E-state index in [2.05, 4.69) is 15.6 Å². The van der Waals surface area contributed by atoms with Crippen molar-refractivity contribution in [3.8, 4) is 5.75 Å². The van der Waals surface area contributed by atoms with Gasteiger partial charge in [0.2, 0.25) is 0 Å². The predicted molar refractivity (Wildman–Crippen MR) is 95.8 cm³/mol. The van der Waals surface area contributed by atoms with E-state index in [-0.39, 0.29) is 13.2 Å². The highest BCUT2D eigenvalue weighted by Crippen LogP contribution is 2.24. The van der Waals surface area contributed by atoms with E-state index in [1.807, 2.05) is 0 Å².